The molecule has 1 fully saturated rings. The topological polar surface area (TPSA) is 87.7 Å². The maximum absolute atomic E-state index is 13.0. The van der Waals surface area contributed by atoms with Crippen LogP contribution in [0.15, 0.2) is 41.8 Å². The van der Waals surface area contributed by atoms with Crippen LogP contribution in [0.5, 0.6) is 0 Å². The number of benzene rings is 1. The number of methoxy groups -OCH3 is 1. The molecule has 32 heavy (non-hydrogen) atoms. The molecule has 1 aliphatic heterocycles. The van der Waals surface area contributed by atoms with Crippen LogP contribution < -0.4 is 10.6 Å². The number of nitrogens with one attached hydrogen (secondary N) is 2. The summed E-state index contributed by atoms with van der Waals surface area (Å²) in [6.07, 6.45) is 2.01. The third-order valence-corrected chi connectivity index (χ3v) is 6.60. The van der Waals surface area contributed by atoms with Crippen LogP contribution in [-0.2, 0) is 9.53 Å². The second-order valence-electron chi connectivity index (χ2n) is 8.06. The van der Waals surface area contributed by atoms with Gasteiger partial charge in [0.2, 0.25) is 5.91 Å². The molecule has 7 nitrogen and oxygen atoms in total. The Morgan fingerprint density at radius 2 is 1.88 bits per heavy atom. The van der Waals surface area contributed by atoms with Crippen LogP contribution in [0, 0.1) is 12.8 Å². The number of amides is 3. The Morgan fingerprint density at radius 1 is 1.16 bits per heavy atom. The van der Waals surface area contributed by atoms with E-state index in [0.717, 1.165) is 10.4 Å². The molecule has 3 amide bonds. The zero-order chi connectivity index (χ0) is 22.9. The molecule has 8 heteroatoms. The van der Waals surface area contributed by atoms with Crippen molar-refractivity contribution < 1.29 is 19.1 Å². The number of likely N-dealkylation sites (tertiary alicyclic amines) is 1. The largest absolute Gasteiger partial charge is 0.385 e. The van der Waals surface area contributed by atoms with Gasteiger partial charge in [0.25, 0.3) is 11.8 Å². The van der Waals surface area contributed by atoms with E-state index in [9.17, 15) is 14.4 Å². The first-order chi connectivity index (χ1) is 15.5. The minimum absolute atomic E-state index is 0.0303. The summed E-state index contributed by atoms with van der Waals surface area (Å²) in [4.78, 5) is 41.0. The van der Waals surface area contributed by atoms with Gasteiger partial charge in [0, 0.05) is 38.9 Å². The van der Waals surface area contributed by atoms with Crippen LogP contribution in [0.2, 0.25) is 0 Å². The van der Waals surface area contributed by atoms with E-state index in [2.05, 4.69) is 10.6 Å². The number of aryl methyl sites for hydroxylation is 1. The molecule has 0 aliphatic carbocycles. The fourth-order valence-corrected chi connectivity index (χ4v) is 4.55. The molecule has 1 aliphatic rings. The molecule has 2 aromatic rings. The molecule has 3 rings (SSSR count). The van der Waals surface area contributed by atoms with Gasteiger partial charge in [0.1, 0.15) is 6.04 Å². The van der Waals surface area contributed by atoms with Gasteiger partial charge < -0.3 is 20.3 Å². The second kappa shape index (κ2) is 11.8. The van der Waals surface area contributed by atoms with Crippen molar-refractivity contribution >= 4 is 29.1 Å². The van der Waals surface area contributed by atoms with E-state index < -0.39 is 6.04 Å². The number of thiophene rings is 1. The van der Waals surface area contributed by atoms with Crippen molar-refractivity contribution in [3.63, 3.8) is 0 Å². The van der Waals surface area contributed by atoms with Crippen molar-refractivity contribution in [2.24, 2.45) is 5.92 Å². The van der Waals surface area contributed by atoms with Gasteiger partial charge in [-0.1, -0.05) is 23.8 Å². The lowest BCUT2D eigenvalue weighted by Crippen LogP contribution is -2.54. The molecule has 1 aromatic heterocycles. The molecule has 0 spiro atoms. The highest BCUT2D eigenvalue weighted by Crippen LogP contribution is 2.24. The fraction of sp³-hybridized carbons (Fsp3) is 0.458. The number of carbonyl (C=O) groups is 3. The Bertz CT molecular complexity index is 890. The number of nitrogens with zero attached hydrogens (tertiary/aromatic N) is 1. The maximum Gasteiger partial charge on any atom is 0.263 e. The zero-order valence-electron chi connectivity index (χ0n) is 18.6. The van der Waals surface area contributed by atoms with E-state index in [-0.39, 0.29) is 23.6 Å². The van der Waals surface area contributed by atoms with Crippen molar-refractivity contribution in [3.8, 4) is 0 Å². The van der Waals surface area contributed by atoms with E-state index >= 15 is 0 Å². The number of piperidine rings is 1. The third-order valence-electron chi connectivity index (χ3n) is 5.74. The molecule has 1 atom stereocenters. The molecule has 1 aromatic carbocycles. The van der Waals surface area contributed by atoms with Crippen LogP contribution in [0.1, 0.15) is 44.9 Å². The summed E-state index contributed by atoms with van der Waals surface area (Å²) < 4.78 is 5.04. The van der Waals surface area contributed by atoms with Gasteiger partial charge in [0.05, 0.1) is 4.88 Å². The molecule has 172 valence electrons. The van der Waals surface area contributed by atoms with Gasteiger partial charge in [0.15, 0.2) is 0 Å². The monoisotopic (exact) mass is 457 g/mol. The Morgan fingerprint density at radius 3 is 2.50 bits per heavy atom. The number of rotatable bonds is 9. The molecule has 1 saturated heterocycles. The predicted octanol–water partition coefficient (Wildman–Crippen LogP) is 2.86. The highest BCUT2D eigenvalue weighted by molar-refractivity contribution is 7.12. The van der Waals surface area contributed by atoms with Crippen molar-refractivity contribution in [2.45, 2.75) is 32.2 Å². The molecular weight excluding hydrogens is 426 g/mol. The second-order valence-corrected chi connectivity index (χ2v) is 9.01. The van der Waals surface area contributed by atoms with E-state index in [1.54, 1.807) is 19.2 Å². The lowest BCUT2D eigenvalue weighted by atomic mass is 9.88. The summed E-state index contributed by atoms with van der Waals surface area (Å²) in [5, 5.41) is 7.77. The molecule has 0 radical (unpaired) electrons. The van der Waals surface area contributed by atoms with Crippen LogP contribution in [-0.4, -0.2) is 62.0 Å². The molecule has 2 N–H and O–H groups in total. The summed E-state index contributed by atoms with van der Waals surface area (Å²) in [6.45, 7) is 4.14. The lowest BCUT2D eigenvalue weighted by Gasteiger charge is -2.35. The average Bonchev–Trinajstić information content (AvgIpc) is 3.35. The van der Waals surface area contributed by atoms with E-state index in [1.807, 2.05) is 41.5 Å². The first-order valence-corrected chi connectivity index (χ1v) is 11.8. The van der Waals surface area contributed by atoms with Crippen LogP contribution in [0.25, 0.3) is 0 Å². The SMILES string of the molecule is COCCCNC(=O)[C@@H](NC(=O)c1ccc(C)cc1)C1CCN(C(=O)c2cccs2)CC1. The third kappa shape index (κ3) is 6.40. The van der Waals surface area contributed by atoms with E-state index in [4.69, 9.17) is 4.74 Å². The van der Waals surface area contributed by atoms with Crippen LogP contribution >= 0.6 is 11.3 Å². The smallest absolute Gasteiger partial charge is 0.263 e. The van der Waals surface area contributed by atoms with Gasteiger partial charge in [-0.2, -0.15) is 0 Å². The van der Waals surface area contributed by atoms with Crippen molar-refractivity contribution in [1.82, 2.24) is 15.5 Å². The van der Waals surface area contributed by atoms with Crippen LogP contribution in [0.3, 0.4) is 0 Å². The molecule has 2 heterocycles. The fourth-order valence-electron chi connectivity index (χ4n) is 3.86. The van der Waals surface area contributed by atoms with Crippen LogP contribution in [0.4, 0.5) is 0 Å². The van der Waals surface area contributed by atoms with Crippen molar-refractivity contribution in [2.75, 3.05) is 33.4 Å². The summed E-state index contributed by atoms with van der Waals surface area (Å²) in [7, 11) is 1.62. The number of ether oxygens (including phenoxy) is 1. The van der Waals surface area contributed by atoms with E-state index in [1.165, 1.54) is 11.3 Å². The first-order valence-electron chi connectivity index (χ1n) is 11.0. The van der Waals surface area contributed by atoms with Crippen molar-refractivity contribution in [3.05, 3.63) is 57.8 Å². The summed E-state index contributed by atoms with van der Waals surface area (Å²) in [5.41, 5.74) is 1.59. The highest BCUT2D eigenvalue weighted by atomic mass is 32.1. The quantitative estimate of drug-likeness (QED) is 0.567. The number of hydrogen-bond acceptors (Lipinski definition) is 5. The normalized spacial score (nSPS) is 15.2. The molecule has 0 unspecified atom stereocenters. The molecule has 0 saturated carbocycles. The predicted molar refractivity (Wildman–Crippen MR) is 125 cm³/mol. The van der Waals surface area contributed by atoms with Gasteiger partial charge >= 0.3 is 0 Å². The first kappa shape index (κ1) is 23.9. The highest BCUT2D eigenvalue weighted by Gasteiger charge is 2.34. The Kier molecular flexibility index (Phi) is 8.81. The minimum Gasteiger partial charge on any atom is -0.385 e. The number of hydrogen-bond donors (Lipinski definition) is 2. The van der Waals surface area contributed by atoms with Gasteiger partial charge in [-0.05, 0) is 55.7 Å². The lowest BCUT2D eigenvalue weighted by molar-refractivity contribution is -0.124. The average molecular weight is 458 g/mol. The van der Waals surface area contributed by atoms with Gasteiger partial charge in [-0.25, -0.2) is 0 Å². The van der Waals surface area contributed by atoms with Crippen molar-refractivity contribution in [1.29, 1.82) is 0 Å². The Hall–Kier alpha value is -2.71. The van der Waals surface area contributed by atoms with Gasteiger partial charge in [-0.3, -0.25) is 14.4 Å². The summed E-state index contributed by atoms with van der Waals surface area (Å²) >= 11 is 1.43. The van der Waals surface area contributed by atoms with E-state index in [0.29, 0.717) is 51.1 Å². The molecule has 0 bridgehead atoms. The maximum atomic E-state index is 13.0. The zero-order valence-corrected chi connectivity index (χ0v) is 19.5. The number of carbonyl (C=O) groups excluding carboxylic acids is 3. The standard InChI is InChI=1S/C24H31N3O4S/c1-17-6-8-19(9-7-17)22(28)26-21(23(29)25-12-4-15-31-2)18-10-13-27(14-11-18)24(30)20-5-3-16-32-20/h3,5-9,16,18,21H,4,10-15H2,1-2H3,(H,25,29)(H,26,28)/t21-/m0/s1. The van der Waals surface area contributed by atoms with Gasteiger partial charge in [-0.15, -0.1) is 11.3 Å². The Labute approximate surface area is 193 Å². The summed E-state index contributed by atoms with van der Waals surface area (Å²) in [5.74, 6) is -0.467. The Balaban J connectivity index is 1.65. The molecular formula is C24H31N3O4S. The minimum atomic E-state index is -0.648. The summed E-state index contributed by atoms with van der Waals surface area (Å²) in [6, 6.07) is 10.3.